The van der Waals surface area contributed by atoms with E-state index in [1.54, 1.807) is 36.4 Å². The van der Waals surface area contributed by atoms with E-state index in [9.17, 15) is 9.59 Å². The van der Waals surface area contributed by atoms with Gasteiger partial charge < -0.3 is 15.4 Å². The van der Waals surface area contributed by atoms with Crippen molar-refractivity contribution in [2.24, 2.45) is 0 Å². The Bertz CT molecular complexity index is 1020. The largest absolute Gasteiger partial charge is 0.492 e. The van der Waals surface area contributed by atoms with Crippen LogP contribution in [0.25, 0.3) is 0 Å². The Morgan fingerprint density at radius 3 is 2.03 bits per heavy atom. The Kier molecular flexibility index (Phi) is 6.29. The third-order valence-electron chi connectivity index (χ3n) is 4.54. The van der Waals surface area contributed by atoms with Gasteiger partial charge in [0.2, 0.25) is 0 Å². The highest BCUT2D eigenvalue weighted by Crippen LogP contribution is 2.25. The van der Waals surface area contributed by atoms with Crippen LogP contribution in [0.5, 0.6) is 5.75 Å². The molecule has 0 aromatic heterocycles. The van der Waals surface area contributed by atoms with Crippen molar-refractivity contribution in [3.05, 3.63) is 89.0 Å². The van der Waals surface area contributed by atoms with E-state index in [1.807, 2.05) is 51.1 Å². The molecule has 0 aliphatic heterocycles. The van der Waals surface area contributed by atoms with Gasteiger partial charge in [-0.3, -0.25) is 9.59 Å². The Morgan fingerprint density at radius 2 is 1.38 bits per heavy atom. The summed E-state index contributed by atoms with van der Waals surface area (Å²) < 4.78 is 5.55. The molecule has 0 fully saturated rings. The van der Waals surface area contributed by atoms with Gasteiger partial charge in [0.1, 0.15) is 5.75 Å². The lowest BCUT2D eigenvalue weighted by atomic mass is 10.1. The monoisotopic (exact) mass is 388 g/mol. The van der Waals surface area contributed by atoms with Crippen molar-refractivity contribution in [1.82, 2.24) is 0 Å². The van der Waals surface area contributed by atoms with Crippen LogP contribution in [0.3, 0.4) is 0 Å². The van der Waals surface area contributed by atoms with Gasteiger partial charge in [0, 0.05) is 16.8 Å². The molecule has 29 heavy (non-hydrogen) atoms. The Hall–Kier alpha value is -3.60. The van der Waals surface area contributed by atoms with Gasteiger partial charge in [-0.1, -0.05) is 36.4 Å². The maximum Gasteiger partial charge on any atom is 0.255 e. The molecule has 148 valence electrons. The lowest BCUT2D eigenvalue weighted by molar-refractivity contribution is 0.102. The number of hydrogen-bond donors (Lipinski definition) is 2. The van der Waals surface area contributed by atoms with Gasteiger partial charge in [-0.05, 0) is 62.2 Å². The Balaban J connectivity index is 1.79. The number of rotatable bonds is 6. The molecule has 2 N–H and O–H groups in total. The van der Waals surface area contributed by atoms with Gasteiger partial charge in [-0.15, -0.1) is 0 Å². The molecule has 0 radical (unpaired) electrons. The zero-order chi connectivity index (χ0) is 20.8. The molecule has 0 atom stereocenters. The summed E-state index contributed by atoms with van der Waals surface area (Å²) in [4.78, 5) is 25.4. The van der Waals surface area contributed by atoms with E-state index >= 15 is 0 Å². The second-order valence-corrected chi connectivity index (χ2v) is 6.69. The molecule has 3 rings (SSSR count). The van der Waals surface area contributed by atoms with Crippen molar-refractivity contribution in [2.75, 3.05) is 17.2 Å². The first-order chi connectivity index (χ1) is 14.0. The number of nitrogens with one attached hydrogen (secondary N) is 2. The minimum Gasteiger partial charge on any atom is -0.492 e. The standard InChI is InChI=1S/C24H24N2O3/c1-4-29-21-14-6-5-13-20(21)25-23(27)18-11-8-12-19(15-18)24(28)26-22-16(2)9-7-10-17(22)3/h5-15H,4H2,1-3H3,(H,25,27)(H,26,28). The first kappa shape index (κ1) is 20.1. The molecule has 0 aliphatic rings. The van der Waals surface area contributed by atoms with Crippen LogP contribution in [0.4, 0.5) is 11.4 Å². The molecule has 5 nitrogen and oxygen atoms in total. The van der Waals surface area contributed by atoms with E-state index in [0.717, 1.165) is 16.8 Å². The number of carbonyl (C=O) groups is 2. The van der Waals surface area contributed by atoms with Crippen LogP contribution in [0.1, 0.15) is 38.8 Å². The average Bonchev–Trinajstić information content (AvgIpc) is 2.72. The van der Waals surface area contributed by atoms with Crippen LogP contribution >= 0.6 is 0 Å². The van der Waals surface area contributed by atoms with Gasteiger partial charge in [0.25, 0.3) is 11.8 Å². The number of benzene rings is 3. The second kappa shape index (κ2) is 9.06. The molecule has 0 unspecified atom stereocenters. The van der Waals surface area contributed by atoms with Crippen molar-refractivity contribution >= 4 is 23.2 Å². The zero-order valence-electron chi connectivity index (χ0n) is 16.8. The van der Waals surface area contributed by atoms with Crippen LogP contribution in [-0.2, 0) is 0 Å². The number of carbonyl (C=O) groups excluding carboxylic acids is 2. The van der Waals surface area contributed by atoms with Crippen LogP contribution in [0.15, 0.2) is 66.7 Å². The number of para-hydroxylation sites is 3. The third-order valence-corrected chi connectivity index (χ3v) is 4.54. The lowest BCUT2D eigenvalue weighted by Crippen LogP contribution is -2.16. The molecule has 0 bridgehead atoms. The zero-order valence-corrected chi connectivity index (χ0v) is 16.8. The van der Waals surface area contributed by atoms with Crippen molar-refractivity contribution < 1.29 is 14.3 Å². The van der Waals surface area contributed by atoms with E-state index < -0.39 is 0 Å². The summed E-state index contributed by atoms with van der Waals surface area (Å²) in [5.74, 6) is 0.0397. The fourth-order valence-corrected chi connectivity index (χ4v) is 3.04. The smallest absolute Gasteiger partial charge is 0.255 e. The van der Waals surface area contributed by atoms with E-state index in [1.165, 1.54) is 0 Å². The van der Waals surface area contributed by atoms with Gasteiger partial charge in [-0.2, -0.15) is 0 Å². The molecule has 2 amide bonds. The minimum absolute atomic E-state index is 0.258. The summed E-state index contributed by atoms with van der Waals surface area (Å²) in [7, 11) is 0. The third kappa shape index (κ3) is 4.82. The summed E-state index contributed by atoms with van der Waals surface area (Å²) in [5, 5.41) is 5.80. The molecular formula is C24H24N2O3. The molecule has 0 saturated heterocycles. The second-order valence-electron chi connectivity index (χ2n) is 6.69. The predicted molar refractivity (Wildman–Crippen MR) is 116 cm³/mol. The first-order valence-corrected chi connectivity index (χ1v) is 9.50. The number of aryl methyl sites for hydroxylation is 2. The van der Waals surface area contributed by atoms with Gasteiger partial charge in [-0.25, -0.2) is 0 Å². The lowest BCUT2D eigenvalue weighted by Gasteiger charge is -2.13. The summed E-state index contributed by atoms with van der Waals surface area (Å²) in [6.45, 7) is 6.28. The fourth-order valence-electron chi connectivity index (χ4n) is 3.04. The van der Waals surface area contributed by atoms with E-state index in [-0.39, 0.29) is 11.8 Å². The molecule has 3 aromatic carbocycles. The Morgan fingerprint density at radius 1 is 0.793 bits per heavy atom. The maximum atomic E-state index is 12.7. The normalized spacial score (nSPS) is 10.3. The van der Waals surface area contributed by atoms with Crippen molar-refractivity contribution in [3.63, 3.8) is 0 Å². The fraction of sp³-hybridized carbons (Fsp3) is 0.167. The molecule has 0 heterocycles. The van der Waals surface area contributed by atoms with Gasteiger partial charge >= 0.3 is 0 Å². The maximum absolute atomic E-state index is 12.7. The molecule has 0 aliphatic carbocycles. The molecule has 0 spiro atoms. The summed E-state index contributed by atoms with van der Waals surface area (Å²) in [6.07, 6.45) is 0. The van der Waals surface area contributed by atoms with E-state index in [2.05, 4.69) is 10.6 Å². The number of anilines is 2. The van der Waals surface area contributed by atoms with E-state index in [4.69, 9.17) is 4.74 Å². The molecule has 0 saturated carbocycles. The molecule has 3 aromatic rings. The van der Waals surface area contributed by atoms with Gasteiger partial charge in [0.05, 0.1) is 12.3 Å². The van der Waals surface area contributed by atoms with Crippen molar-refractivity contribution in [2.45, 2.75) is 20.8 Å². The SMILES string of the molecule is CCOc1ccccc1NC(=O)c1cccc(C(=O)Nc2c(C)cccc2C)c1. The van der Waals surface area contributed by atoms with Crippen molar-refractivity contribution in [3.8, 4) is 5.75 Å². The highest BCUT2D eigenvalue weighted by atomic mass is 16.5. The van der Waals surface area contributed by atoms with Gasteiger partial charge in [0.15, 0.2) is 0 Å². The first-order valence-electron chi connectivity index (χ1n) is 9.50. The van der Waals surface area contributed by atoms with Crippen molar-refractivity contribution in [1.29, 1.82) is 0 Å². The highest BCUT2D eigenvalue weighted by Gasteiger charge is 2.14. The highest BCUT2D eigenvalue weighted by molar-refractivity contribution is 6.09. The number of ether oxygens (including phenoxy) is 1. The van der Waals surface area contributed by atoms with E-state index in [0.29, 0.717) is 29.2 Å². The summed E-state index contributed by atoms with van der Waals surface area (Å²) >= 11 is 0. The number of hydrogen-bond acceptors (Lipinski definition) is 3. The van der Waals surface area contributed by atoms with Crippen LogP contribution in [0, 0.1) is 13.8 Å². The minimum atomic E-state index is -0.307. The molecular weight excluding hydrogens is 364 g/mol. The quantitative estimate of drug-likeness (QED) is 0.609. The van der Waals surface area contributed by atoms with Crippen LogP contribution in [-0.4, -0.2) is 18.4 Å². The molecule has 5 heteroatoms. The van der Waals surface area contributed by atoms with Crippen LogP contribution < -0.4 is 15.4 Å². The summed E-state index contributed by atoms with van der Waals surface area (Å²) in [6, 6.07) is 19.7. The number of amides is 2. The topological polar surface area (TPSA) is 67.4 Å². The van der Waals surface area contributed by atoms with Crippen LogP contribution in [0.2, 0.25) is 0 Å². The summed E-state index contributed by atoms with van der Waals surface area (Å²) in [5.41, 5.74) is 4.16. The average molecular weight is 388 g/mol. The Labute approximate surface area is 170 Å². The predicted octanol–water partition coefficient (Wildman–Crippen LogP) is 5.21.